The van der Waals surface area contributed by atoms with Gasteiger partial charge in [-0.05, 0) is 18.9 Å². The average molecular weight is 430 g/mol. The van der Waals surface area contributed by atoms with E-state index in [0.29, 0.717) is 19.8 Å². The Labute approximate surface area is 184 Å². The summed E-state index contributed by atoms with van der Waals surface area (Å²) in [4.78, 5) is 4.77. The number of para-hydroxylation sites is 1. The highest BCUT2D eigenvalue weighted by atomic mass is 16.5. The van der Waals surface area contributed by atoms with Crippen LogP contribution in [0, 0.1) is 0 Å². The van der Waals surface area contributed by atoms with Gasteiger partial charge in [-0.25, -0.2) is 0 Å². The van der Waals surface area contributed by atoms with Crippen molar-refractivity contribution < 1.29 is 14.6 Å². The van der Waals surface area contributed by atoms with E-state index in [1.807, 2.05) is 24.3 Å². The van der Waals surface area contributed by atoms with E-state index in [0.717, 1.165) is 68.7 Å². The van der Waals surface area contributed by atoms with Crippen LogP contribution in [0.1, 0.15) is 36.5 Å². The Bertz CT molecular complexity index is 819. The van der Waals surface area contributed by atoms with E-state index in [2.05, 4.69) is 24.6 Å². The number of rotatable bonds is 9. The molecular weight excluding hydrogens is 394 g/mol. The number of methoxy groups -OCH3 is 1. The Morgan fingerprint density at radius 2 is 1.81 bits per heavy atom. The summed E-state index contributed by atoms with van der Waals surface area (Å²) < 4.78 is 13.4. The van der Waals surface area contributed by atoms with Gasteiger partial charge < -0.3 is 19.1 Å². The van der Waals surface area contributed by atoms with Gasteiger partial charge in [0.25, 0.3) is 0 Å². The molecule has 0 saturated carbocycles. The van der Waals surface area contributed by atoms with Crippen LogP contribution in [0.2, 0.25) is 0 Å². The number of piperazine rings is 1. The van der Waals surface area contributed by atoms with E-state index in [-0.39, 0.29) is 0 Å². The van der Waals surface area contributed by atoms with Gasteiger partial charge in [-0.1, -0.05) is 24.6 Å². The summed E-state index contributed by atoms with van der Waals surface area (Å²) in [6, 6.07) is 7.81. The minimum atomic E-state index is -0.492. The third kappa shape index (κ3) is 6.04. The SMILES string of the molecule is COc1ccccc1COC[C@H](O)CN1CCN(Cc2nnc3n2CCCCC3)CC1. The van der Waals surface area contributed by atoms with Gasteiger partial charge in [0, 0.05) is 51.3 Å². The molecule has 2 aliphatic rings. The van der Waals surface area contributed by atoms with Crippen molar-refractivity contribution in [3.8, 4) is 5.75 Å². The highest BCUT2D eigenvalue weighted by Crippen LogP contribution is 2.18. The van der Waals surface area contributed by atoms with Gasteiger partial charge in [0.15, 0.2) is 0 Å². The third-order valence-corrected chi connectivity index (χ3v) is 6.25. The molecule has 3 heterocycles. The van der Waals surface area contributed by atoms with Crippen molar-refractivity contribution in [2.75, 3.05) is 46.4 Å². The van der Waals surface area contributed by atoms with Crippen molar-refractivity contribution in [2.45, 2.75) is 51.5 Å². The van der Waals surface area contributed by atoms with Crippen molar-refractivity contribution in [3.63, 3.8) is 0 Å². The van der Waals surface area contributed by atoms with Crippen LogP contribution in [0.15, 0.2) is 24.3 Å². The smallest absolute Gasteiger partial charge is 0.147 e. The average Bonchev–Trinajstić information content (AvgIpc) is 3.01. The first-order chi connectivity index (χ1) is 15.2. The van der Waals surface area contributed by atoms with E-state index < -0.39 is 6.10 Å². The number of aliphatic hydroxyl groups excluding tert-OH is 1. The zero-order valence-electron chi connectivity index (χ0n) is 18.6. The molecule has 1 aromatic heterocycles. The number of fused-ring (bicyclic) bond motifs is 1. The van der Waals surface area contributed by atoms with Gasteiger partial charge in [0.1, 0.15) is 17.4 Å². The van der Waals surface area contributed by atoms with E-state index >= 15 is 0 Å². The molecule has 2 aliphatic heterocycles. The minimum absolute atomic E-state index is 0.324. The van der Waals surface area contributed by atoms with Crippen molar-refractivity contribution >= 4 is 0 Å². The molecule has 1 saturated heterocycles. The molecule has 2 aromatic rings. The molecule has 0 radical (unpaired) electrons. The van der Waals surface area contributed by atoms with E-state index in [1.54, 1.807) is 7.11 Å². The monoisotopic (exact) mass is 429 g/mol. The summed E-state index contributed by atoms with van der Waals surface area (Å²) in [7, 11) is 1.66. The summed E-state index contributed by atoms with van der Waals surface area (Å²) in [5.74, 6) is 3.08. The van der Waals surface area contributed by atoms with Crippen molar-refractivity contribution in [1.29, 1.82) is 0 Å². The summed E-state index contributed by atoms with van der Waals surface area (Å²) in [6.45, 7) is 7.19. The Kier molecular flexibility index (Phi) is 7.91. The number of hydrogen-bond acceptors (Lipinski definition) is 7. The maximum atomic E-state index is 10.4. The fourth-order valence-electron chi connectivity index (χ4n) is 4.47. The van der Waals surface area contributed by atoms with Gasteiger partial charge >= 0.3 is 0 Å². The largest absolute Gasteiger partial charge is 0.496 e. The van der Waals surface area contributed by atoms with Crippen molar-refractivity contribution in [3.05, 3.63) is 41.5 Å². The maximum absolute atomic E-state index is 10.4. The summed E-state index contributed by atoms with van der Waals surface area (Å²) in [5, 5.41) is 19.3. The second-order valence-corrected chi connectivity index (χ2v) is 8.55. The van der Waals surface area contributed by atoms with Gasteiger partial charge in [-0.2, -0.15) is 0 Å². The normalized spacial score (nSPS) is 19.0. The molecule has 0 amide bonds. The highest BCUT2D eigenvalue weighted by molar-refractivity contribution is 5.32. The van der Waals surface area contributed by atoms with Crippen LogP contribution >= 0.6 is 0 Å². The Morgan fingerprint density at radius 1 is 1.00 bits per heavy atom. The van der Waals surface area contributed by atoms with Gasteiger partial charge in [-0.3, -0.25) is 9.80 Å². The number of aromatic nitrogens is 3. The number of hydrogen-bond donors (Lipinski definition) is 1. The number of β-amino-alcohol motifs (C(OH)–C–C–N with tert-alkyl or cyclic N) is 1. The molecule has 4 rings (SSSR count). The molecule has 8 heteroatoms. The summed E-state index contributed by atoms with van der Waals surface area (Å²) in [5.41, 5.74) is 0.997. The van der Waals surface area contributed by atoms with Crippen LogP contribution in [0.3, 0.4) is 0 Å². The Hall–Kier alpha value is -2.00. The molecule has 1 aromatic carbocycles. The van der Waals surface area contributed by atoms with E-state index in [4.69, 9.17) is 9.47 Å². The lowest BCUT2D eigenvalue weighted by atomic mass is 10.2. The van der Waals surface area contributed by atoms with Crippen LogP contribution in [0.5, 0.6) is 5.75 Å². The zero-order chi connectivity index (χ0) is 21.5. The first-order valence-corrected chi connectivity index (χ1v) is 11.5. The summed E-state index contributed by atoms with van der Waals surface area (Å²) in [6.07, 6.45) is 4.29. The molecule has 8 nitrogen and oxygen atoms in total. The standard InChI is InChI=1S/C23H35N5O3/c1-30-21-8-5-4-7-19(21)17-31-18-20(29)15-26-11-13-27(14-12-26)16-23-25-24-22-9-3-2-6-10-28(22)23/h4-5,7-8,20,29H,2-3,6,9-18H2,1H3/t20-/m1/s1. The second-order valence-electron chi connectivity index (χ2n) is 8.55. The molecule has 1 fully saturated rings. The molecule has 170 valence electrons. The Morgan fingerprint density at radius 3 is 2.65 bits per heavy atom. The number of aliphatic hydroxyl groups is 1. The van der Waals surface area contributed by atoms with Gasteiger partial charge in [0.05, 0.1) is 33.0 Å². The van der Waals surface area contributed by atoms with Crippen LogP contribution < -0.4 is 4.74 Å². The van der Waals surface area contributed by atoms with E-state index in [1.165, 1.54) is 19.3 Å². The van der Waals surface area contributed by atoms with Crippen LogP contribution in [-0.4, -0.2) is 82.2 Å². The first-order valence-electron chi connectivity index (χ1n) is 11.5. The van der Waals surface area contributed by atoms with E-state index in [9.17, 15) is 5.11 Å². The number of aryl methyl sites for hydroxylation is 1. The first kappa shape index (κ1) is 22.2. The van der Waals surface area contributed by atoms with Crippen molar-refractivity contribution in [2.24, 2.45) is 0 Å². The fraction of sp³-hybridized carbons (Fsp3) is 0.652. The molecular formula is C23H35N5O3. The lowest BCUT2D eigenvalue weighted by Crippen LogP contribution is -2.48. The van der Waals surface area contributed by atoms with Crippen molar-refractivity contribution in [1.82, 2.24) is 24.6 Å². The van der Waals surface area contributed by atoms with Crippen LogP contribution in [0.4, 0.5) is 0 Å². The minimum Gasteiger partial charge on any atom is -0.496 e. The molecule has 0 unspecified atom stereocenters. The predicted octanol–water partition coefficient (Wildman–Crippen LogP) is 1.71. The van der Waals surface area contributed by atoms with Crippen LogP contribution in [-0.2, 0) is 30.9 Å². The molecule has 0 aliphatic carbocycles. The molecule has 31 heavy (non-hydrogen) atoms. The predicted molar refractivity (Wildman–Crippen MR) is 118 cm³/mol. The quantitative estimate of drug-likeness (QED) is 0.650. The van der Waals surface area contributed by atoms with Crippen LogP contribution in [0.25, 0.3) is 0 Å². The molecule has 1 N–H and O–H groups in total. The second kappa shape index (κ2) is 11.0. The maximum Gasteiger partial charge on any atom is 0.147 e. The summed E-state index contributed by atoms with van der Waals surface area (Å²) >= 11 is 0. The lowest BCUT2D eigenvalue weighted by Gasteiger charge is -2.35. The number of ether oxygens (including phenoxy) is 2. The number of nitrogens with zero attached hydrogens (tertiary/aromatic N) is 5. The highest BCUT2D eigenvalue weighted by Gasteiger charge is 2.22. The third-order valence-electron chi connectivity index (χ3n) is 6.25. The number of benzene rings is 1. The van der Waals surface area contributed by atoms with Gasteiger partial charge in [-0.15, -0.1) is 10.2 Å². The lowest BCUT2D eigenvalue weighted by molar-refractivity contribution is 0.000255. The molecule has 1 atom stereocenters. The van der Waals surface area contributed by atoms with Gasteiger partial charge in [0.2, 0.25) is 0 Å². The molecule has 0 spiro atoms. The topological polar surface area (TPSA) is 75.9 Å². The molecule has 0 bridgehead atoms. The zero-order valence-corrected chi connectivity index (χ0v) is 18.6. The Balaban J connectivity index is 1.17. The fourth-order valence-corrected chi connectivity index (χ4v) is 4.47.